The molecule has 0 aliphatic carbocycles. The van der Waals surface area contributed by atoms with Gasteiger partial charge < -0.3 is 5.32 Å². The van der Waals surface area contributed by atoms with Gasteiger partial charge in [-0.25, -0.2) is 12.7 Å². The molecule has 22 heavy (non-hydrogen) atoms. The smallest absolute Gasteiger partial charge is 0.225 e. The Morgan fingerprint density at radius 3 is 2.50 bits per heavy atom. The predicted octanol–water partition coefficient (Wildman–Crippen LogP) is 2.89. The van der Waals surface area contributed by atoms with Crippen LogP contribution in [0.1, 0.15) is 25.8 Å². The van der Waals surface area contributed by atoms with Gasteiger partial charge in [0.1, 0.15) is 0 Å². The Bertz CT molecular complexity index is 630. The molecule has 5 nitrogen and oxygen atoms in total. The van der Waals surface area contributed by atoms with Gasteiger partial charge in [-0.1, -0.05) is 25.4 Å². The molecule has 1 aromatic carbocycles. The summed E-state index contributed by atoms with van der Waals surface area (Å²) in [5.41, 5.74) is 1.55. The van der Waals surface area contributed by atoms with Crippen molar-refractivity contribution < 1.29 is 13.2 Å². The molecule has 0 aliphatic rings. The zero-order valence-electron chi connectivity index (χ0n) is 13.4. The van der Waals surface area contributed by atoms with Crippen molar-refractivity contribution >= 4 is 33.2 Å². The van der Waals surface area contributed by atoms with E-state index in [9.17, 15) is 13.2 Å². The Morgan fingerprint density at radius 2 is 2.00 bits per heavy atom. The van der Waals surface area contributed by atoms with E-state index < -0.39 is 10.0 Å². The topological polar surface area (TPSA) is 66.5 Å². The number of sulfonamides is 1. The zero-order chi connectivity index (χ0) is 16.9. The van der Waals surface area contributed by atoms with Gasteiger partial charge in [-0.2, -0.15) is 0 Å². The second-order valence-electron chi connectivity index (χ2n) is 5.77. The summed E-state index contributed by atoms with van der Waals surface area (Å²) in [4.78, 5) is 12.0. The number of benzene rings is 1. The normalized spacial score (nSPS) is 12.0. The summed E-state index contributed by atoms with van der Waals surface area (Å²) in [5, 5.41) is 3.39. The van der Waals surface area contributed by atoms with Crippen LogP contribution >= 0.6 is 11.6 Å². The van der Waals surface area contributed by atoms with Gasteiger partial charge >= 0.3 is 0 Å². The molecule has 0 radical (unpaired) electrons. The molecule has 0 aliphatic heterocycles. The third-order valence-electron chi connectivity index (χ3n) is 3.09. The summed E-state index contributed by atoms with van der Waals surface area (Å²) in [6.45, 7) is 6.31. The van der Waals surface area contributed by atoms with Crippen LogP contribution in [0.5, 0.6) is 0 Å². The molecule has 1 rings (SSSR count). The molecule has 0 fully saturated rings. The lowest BCUT2D eigenvalue weighted by Crippen LogP contribution is -2.35. The number of hydrogen-bond acceptors (Lipinski definition) is 3. The van der Waals surface area contributed by atoms with Crippen molar-refractivity contribution in [2.24, 2.45) is 5.92 Å². The highest BCUT2D eigenvalue weighted by Gasteiger charge is 2.19. The quantitative estimate of drug-likeness (QED) is 0.825. The molecule has 1 aromatic rings. The van der Waals surface area contributed by atoms with Gasteiger partial charge in [0.2, 0.25) is 15.9 Å². The number of hydrogen-bond donors (Lipinski definition) is 1. The SMILES string of the molecule is Cc1cc(Cl)ccc1NC(=O)CCN(CC(C)C)S(C)(=O)=O. The van der Waals surface area contributed by atoms with Crippen molar-refractivity contribution in [1.82, 2.24) is 4.31 Å². The van der Waals surface area contributed by atoms with Crippen molar-refractivity contribution in [3.8, 4) is 0 Å². The van der Waals surface area contributed by atoms with Gasteiger partial charge in [0.05, 0.1) is 6.26 Å². The van der Waals surface area contributed by atoms with Crippen LogP contribution in [0.25, 0.3) is 0 Å². The van der Waals surface area contributed by atoms with Crippen LogP contribution in [0.3, 0.4) is 0 Å². The summed E-state index contributed by atoms with van der Waals surface area (Å²) in [7, 11) is -3.31. The van der Waals surface area contributed by atoms with Gasteiger partial charge in [0, 0.05) is 30.2 Å². The van der Waals surface area contributed by atoms with E-state index in [0.717, 1.165) is 11.8 Å². The number of anilines is 1. The average Bonchev–Trinajstić information content (AvgIpc) is 2.36. The van der Waals surface area contributed by atoms with E-state index in [-0.39, 0.29) is 24.8 Å². The molecule has 0 saturated carbocycles. The molecular formula is C15H23ClN2O3S. The van der Waals surface area contributed by atoms with E-state index in [1.54, 1.807) is 18.2 Å². The van der Waals surface area contributed by atoms with Crippen LogP contribution in [0.4, 0.5) is 5.69 Å². The monoisotopic (exact) mass is 346 g/mol. The number of carbonyl (C=O) groups excluding carboxylic acids is 1. The standard InChI is InChI=1S/C15H23ClN2O3S/c1-11(2)10-18(22(4,20)21)8-7-15(19)17-14-6-5-13(16)9-12(14)3/h5-6,9,11H,7-8,10H2,1-4H3,(H,17,19). The molecule has 0 atom stereocenters. The Balaban J connectivity index is 2.64. The van der Waals surface area contributed by atoms with Crippen LogP contribution in [-0.4, -0.2) is 38.0 Å². The molecule has 0 heterocycles. The summed E-state index contributed by atoms with van der Waals surface area (Å²) in [5.74, 6) is -0.0147. The van der Waals surface area contributed by atoms with Crippen LogP contribution < -0.4 is 5.32 Å². The highest BCUT2D eigenvalue weighted by molar-refractivity contribution is 7.88. The first-order valence-electron chi connectivity index (χ1n) is 7.10. The lowest BCUT2D eigenvalue weighted by molar-refractivity contribution is -0.116. The average molecular weight is 347 g/mol. The lowest BCUT2D eigenvalue weighted by atomic mass is 10.2. The highest BCUT2D eigenvalue weighted by atomic mass is 35.5. The first-order chi connectivity index (χ1) is 10.1. The van der Waals surface area contributed by atoms with E-state index in [2.05, 4.69) is 5.32 Å². The third kappa shape index (κ3) is 6.34. The molecular weight excluding hydrogens is 324 g/mol. The zero-order valence-corrected chi connectivity index (χ0v) is 15.0. The Kier molecular flexibility index (Phi) is 6.84. The van der Waals surface area contributed by atoms with Crippen molar-refractivity contribution in [1.29, 1.82) is 0 Å². The fourth-order valence-corrected chi connectivity index (χ4v) is 3.22. The molecule has 0 bridgehead atoms. The van der Waals surface area contributed by atoms with Crippen molar-refractivity contribution in [2.75, 3.05) is 24.7 Å². The van der Waals surface area contributed by atoms with Crippen LogP contribution in [0.2, 0.25) is 5.02 Å². The minimum atomic E-state index is -3.31. The molecule has 7 heteroatoms. The minimum absolute atomic E-state index is 0.113. The summed E-state index contributed by atoms with van der Waals surface area (Å²) < 4.78 is 24.8. The Labute approximate surface area is 137 Å². The number of nitrogens with zero attached hydrogens (tertiary/aromatic N) is 1. The number of rotatable bonds is 7. The molecule has 1 N–H and O–H groups in total. The van der Waals surface area contributed by atoms with Gasteiger partial charge in [-0.15, -0.1) is 0 Å². The largest absolute Gasteiger partial charge is 0.326 e. The number of halogens is 1. The van der Waals surface area contributed by atoms with Crippen LogP contribution in [0, 0.1) is 12.8 Å². The van der Waals surface area contributed by atoms with Gasteiger partial charge in [-0.3, -0.25) is 4.79 Å². The molecule has 0 spiro atoms. The number of nitrogens with one attached hydrogen (secondary N) is 1. The molecule has 1 amide bonds. The van der Waals surface area contributed by atoms with Gasteiger partial charge in [0.25, 0.3) is 0 Å². The van der Waals surface area contributed by atoms with Crippen LogP contribution in [0.15, 0.2) is 18.2 Å². The summed E-state index contributed by atoms with van der Waals surface area (Å²) in [6.07, 6.45) is 1.28. The summed E-state index contributed by atoms with van der Waals surface area (Å²) in [6, 6.07) is 5.20. The highest BCUT2D eigenvalue weighted by Crippen LogP contribution is 2.19. The summed E-state index contributed by atoms with van der Waals surface area (Å²) >= 11 is 5.87. The van der Waals surface area contributed by atoms with E-state index in [4.69, 9.17) is 11.6 Å². The lowest BCUT2D eigenvalue weighted by Gasteiger charge is -2.21. The number of amides is 1. The predicted molar refractivity (Wildman–Crippen MR) is 90.7 cm³/mol. The first kappa shape index (κ1) is 18.9. The number of aryl methyl sites for hydroxylation is 1. The Morgan fingerprint density at radius 1 is 1.36 bits per heavy atom. The maximum atomic E-state index is 12.0. The van der Waals surface area contributed by atoms with Crippen molar-refractivity contribution in [3.05, 3.63) is 28.8 Å². The van der Waals surface area contributed by atoms with E-state index >= 15 is 0 Å². The van der Waals surface area contributed by atoms with E-state index in [1.165, 1.54) is 4.31 Å². The minimum Gasteiger partial charge on any atom is -0.326 e. The Hall–Kier alpha value is -1.11. The van der Waals surface area contributed by atoms with Gasteiger partial charge in [0.15, 0.2) is 0 Å². The van der Waals surface area contributed by atoms with Crippen LogP contribution in [-0.2, 0) is 14.8 Å². The maximum Gasteiger partial charge on any atom is 0.225 e. The van der Waals surface area contributed by atoms with Gasteiger partial charge in [-0.05, 0) is 36.6 Å². The van der Waals surface area contributed by atoms with Crippen molar-refractivity contribution in [3.63, 3.8) is 0 Å². The maximum absolute atomic E-state index is 12.0. The molecule has 0 saturated heterocycles. The van der Waals surface area contributed by atoms with Crippen molar-refractivity contribution in [2.45, 2.75) is 27.2 Å². The number of carbonyl (C=O) groups is 1. The van der Waals surface area contributed by atoms with E-state index in [0.29, 0.717) is 17.3 Å². The molecule has 124 valence electrons. The second-order valence-corrected chi connectivity index (χ2v) is 8.19. The van der Waals surface area contributed by atoms with E-state index in [1.807, 2.05) is 20.8 Å². The second kappa shape index (κ2) is 7.94. The molecule has 0 unspecified atom stereocenters. The molecule has 0 aromatic heterocycles. The third-order valence-corrected chi connectivity index (χ3v) is 4.59. The fraction of sp³-hybridized carbons (Fsp3) is 0.533. The fourth-order valence-electron chi connectivity index (χ4n) is 2.01. The first-order valence-corrected chi connectivity index (χ1v) is 9.33.